The first-order valence-corrected chi connectivity index (χ1v) is 9.32. The van der Waals surface area contributed by atoms with Crippen molar-refractivity contribution >= 4 is 12.2 Å². The van der Waals surface area contributed by atoms with Crippen LogP contribution in [0.1, 0.15) is 78.1 Å². The Balaban J connectivity index is 4.04. The summed E-state index contributed by atoms with van der Waals surface area (Å²) in [6.45, 7) is 3.38. The van der Waals surface area contributed by atoms with Gasteiger partial charge in [-0.1, -0.05) is 58.3 Å². The number of aliphatic hydroxyl groups excluding tert-OH is 3. The average Bonchev–Trinajstić information content (AvgIpc) is 2.58. The van der Waals surface area contributed by atoms with Crippen LogP contribution in [0.25, 0.3) is 0 Å². The van der Waals surface area contributed by atoms with E-state index in [0.717, 1.165) is 19.3 Å². The monoisotopic (exact) mass is 361 g/mol. The van der Waals surface area contributed by atoms with E-state index in [-0.39, 0.29) is 12.7 Å². The van der Waals surface area contributed by atoms with Gasteiger partial charge in [0.15, 0.2) is 6.29 Å². The van der Waals surface area contributed by atoms with E-state index in [0.29, 0.717) is 6.42 Å². The van der Waals surface area contributed by atoms with E-state index in [2.05, 4.69) is 6.92 Å². The summed E-state index contributed by atoms with van der Waals surface area (Å²) in [7, 11) is 0. The molecule has 25 heavy (non-hydrogen) atoms. The second-order valence-electron chi connectivity index (χ2n) is 6.75. The van der Waals surface area contributed by atoms with E-state index in [4.69, 9.17) is 0 Å². The molecule has 148 valence electrons. The topological polar surface area (TPSA) is 127 Å². The third-order valence-corrected chi connectivity index (χ3v) is 4.30. The van der Waals surface area contributed by atoms with Crippen LogP contribution in [0.5, 0.6) is 0 Å². The lowest BCUT2D eigenvalue weighted by Gasteiger charge is -2.32. The van der Waals surface area contributed by atoms with E-state index in [1.165, 1.54) is 39.0 Å². The second kappa shape index (κ2) is 13.2. The van der Waals surface area contributed by atoms with Crippen LogP contribution < -0.4 is 5.32 Å². The van der Waals surface area contributed by atoms with Gasteiger partial charge in [-0.15, -0.1) is 0 Å². The molecule has 0 rings (SSSR count). The lowest BCUT2D eigenvalue weighted by molar-refractivity contribution is -0.173. The maximum Gasteiger partial charge on any atom is 0.224 e. The third kappa shape index (κ3) is 9.89. The summed E-state index contributed by atoms with van der Waals surface area (Å²) in [5, 5.41) is 40.6. The van der Waals surface area contributed by atoms with Crippen molar-refractivity contribution < 1.29 is 30.0 Å². The molecule has 7 heteroatoms. The standard InChI is InChI=1S/C18H35NO6/c1-3-4-5-6-7-8-9-10-11-12-15(22)19-18(25,13-20)17(24)16(23)14(2)21/h13-14,16-17,21,23-25H,3-12H2,1-2H3,(H,19,22)/t14-,16-,17+,18+/m1/s1. The summed E-state index contributed by atoms with van der Waals surface area (Å²) >= 11 is 0. The Morgan fingerprint density at radius 1 is 1.00 bits per heavy atom. The molecule has 0 aliphatic carbocycles. The number of unbranched alkanes of at least 4 members (excludes halogenated alkanes) is 8. The Bertz CT molecular complexity index is 377. The van der Waals surface area contributed by atoms with Gasteiger partial charge in [0.25, 0.3) is 0 Å². The smallest absolute Gasteiger partial charge is 0.224 e. The van der Waals surface area contributed by atoms with Crippen LogP contribution >= 0.6 is 0 Å². The molecule has 0 heterocycles. The van der Waals surface area contributed by atoms with Crippen LogP contribution in [-0.4, -0.2) is 56.7 Å². The molecule has 0 spiro atoms. The van der Waals surface area contributed by atoms with Crippen LogP contribution in [0.4, 0.5) is 0 Å². The first kappa shape index (κ1) is 24.0. The third-order valence-electron chi connectivity index (χ3n) is 4.30. The summed E-state index contributed by atoms with van der Waals surface area (Å²) in [6.07, 6.45) is 4.78. The second-order valence-corrected chi connectivity index (χ2v) is 6.75. The van der Waals surface area contributed by atoms with Gasteiger partial charge in [-0.25, -0.2) is 0 Å². The van der Waals surface area contributed by atoms with E-state index in [9.17, 15) is 30.0 Å². The molecule has 0 fully saturated rings. The Morgan fingerprint density at radius 2 is 1.48 bits per heavy atom. The molecule has 4 atom stereocenters. The van der Waals surface area contributed by atoms with E-state index < -0.39 is 29.9 Å². The highest BCUT2D eigenvalue weighted by atomic mass is 16.4. The summed E-state index contributed by atoms with van der Waals surface area (Å²) in [5.41, 5.74) is -2.62. The zero-order valence-corrected chi connectivity index (χ0v) is 15.5. The summed E-state index contributed by atoms with van der Waals surface area (Å²) in [4.78, 5) is 22.9. The molecule has 0 saturated carbocycles. The Morgan fingerprint density at radius 3 is 1.92 bits per heavy atom. The number of carbonyl (C=O) groups is 2. The number of aldehydes is 1. The fraction of sp³-hybridized carbons (Fsp3) is 0.889. The minimum absolute atomic E-state index is 0.0442. The summed E-state index contributed by atoms with van der Waals surface area (Å²) in [6, 6.07) is 0. The predicted molar refractivity (Wildman–Crippen MR) is 94.7 cm³/mol. The van der Waals surface area contributed by atoms with Gasteiger partial charge in [-0.05, 0) is 13.3 Å². The van der Waals surface area contributed by atoms with Gasteiger partial charge < -0.3 is 25.7 Å². The average molecular weight is 361 g/mol. The molecular weight excluding hydrogens is 326 g/mol. The molecule has 0 aromatic rings. The van der Waals surface area contributed by atoms with Crippen molar-refractivity contribution in [2.45, 2.75) is 102 Å². The summed E-state index contributed by atoms with van der Waals surface area (Å²) < 4.78 is 0. The molecule has 0 aromatic carbocycles. The Labute approximate surface area is 150 Å². The maximum absolute atomic E-state index is 11.8. The van der Waals surface area contributed by atoms with Crippen molar-refractivity contribution in [3.05, 3.63) is 0 Å². The molecule has 0 radical (unpaired) electrons. The van der Waals surface area contributed by atoms with Gasteiger partial charge >= 0.3 is 0 Å². The Hall–Kier alpha value is -1.02. The fourth-order valence-electron chi connectivity index (χ4n) is 2.58. The molecule has 5 N–H and O–H groups in total. The van der Waals surface area contributed by atoms with Crippen molar-refractivity contribution in [2.24, 2.45) is 0 Å². The van der Waals surface area contributed by atoms with Crippen molar-refractivity contribution in [1.82, 2.24) is 5.32 Å². The molecule has 7 nitrogen and oxygen atoms in total. The van der Waals surface area contributed by atoms with Gasteiger partial charge in [0.2, 0.25) is 11.6 Å². The number of hydrogen-bond acceptors (Lipinski definition) is 6. The fourth-order valence-corrected chi connectivity index (χ4v) is 2.58. The van der Waals surface area contributed by atoms with Crippen molar-refractivity contribution in [3.63, 3.8) is 0 Å². The number of carbonyl (C=O) groups excluding carboxylic acids is 2. The minimum Gasteiger partial charge on any atom is -0.391 e. The van der Waals surface area contributed by atoms with Gasteiger partial charge in [-0.3, -0.25) is 9.59 Å². The number of hydrogen-bond donors (Lipinski definition) is 5. The highest BCUT2D eigenvalue weighted by Gasteiger charge is 2.42. The molecule has 0 aliphatic heterocycles. The molecular formula is C18H35NO6. The van der Waals surface area contributed by atoms with E-state index in [1.807, 2.05) is 5.32 Å². The van der Waals surface area contributed by atoms with Crippen LogP contribution in [-0.2, 0) is 9.59 Å². The molecule has 1 amide bonds. The zero-order chi connectivity index (χ0) is 19.3. The maximum atomic E-state index is 11.8. The number of rotatable bonds is 15. The largest absolute Gasteiger partial charge is 0.391 e. The van der Waals surface area contributed by atoms with Crippen LogP contribution in [0, 0.1) is 0 Å². The molecule has 0 unspecified atom stereocenters. The highest BCUT2D eigenvalue weighted by molar-refractivity contribution is 5.81. The molecule has 0 bridgehead atoms. The SMILES string of the molecule is CCCCCCCCCCCC(=O)N[C@](O)(C=O)[C@@H](O)[C@H](O)[C@@H](C)O. The van der Waals surface area contributed by atoms with Gasteiger partial charge in [0, 0.05) is 6.42 Å². The number of aliphatic hydroxyl groups is 4. The van der Waals surface area contributed by atoms with Crippen LogP contribution in [0.3, 0.4) is 0 Å². The van der Waals surface area contributed by atoms with Crippen molar-refractivity contribution in [2.75, 3.05) is 0 Å². The summed E-state index contributed by atoms with van der Waals surface area (Å²) in [5.74, 6) is -0.589. The normalized spacial score (nSPS) is 17.4. The first-order chi connectivity index (χ1) is 11.8. The highest BCUT2D eigenvalue weighted by Crippen LogP contribution is 2.14. The minimum atomic E-state index is -2.62. The van der Waals surface area contributed by atoms with Crippen molar-refractivity contribution in [1.29, 1.82) is 0 Å². The van der Waals surface area contributed by atoms with Gasteiger partial charge in [-0.2, -0.15) is 0 Å². The lowest BCUT2D eigenvalue weighted by Crippen LogP contribution is -2.63. The number of nitrogens with one attached hydrogen (secondary N) is 1. The lowest BCUT2D eigenvalue weighted by atomic mass is 9.99. The molecule has 0 aromatic heterocycles. The van der Waals surface area contributed by atoms with Gasteiger partial charge in [0.05, 0.1) is 6.10 Å². The van der Waals surface area contributed by atoms with Gasteiger partial charge in [0.1, 0.15) is 12.2 Å². The number of amides is 1. The van der Waals surface area contributed by atoms with Crippen molar-refractivity contribution in [3.8, 4) is 0 Å². The quantitative estimate of drug-likeness (QED) is 0.168. The van der Waals surface area contributed by atoms with Crippen LogP contribution in [0.2, 0.25) is 0 Å². The zero-order valence-electron chi connectivity index (χ0n) is 15.5. The van der Waals surface area contributed by atoms with Crippen LogP contribution in [0.15, 0.2) is 0 Å². The first-order valence-electron chi connectivity index (χ1n) is 9.32. The molecule has 0 saturated heterocycles. The molecule has 0 aliphatic rings. The van der Waals surface area contributed by atoms with E-state index >= 15 is 0 Å². The predicted octanol–water partition coefficient (Wildman–Crippen LogP) is 1.01. The Kier molecular flexibility index (Phi) is 12.7. The van der Waals surface area contributed by atoms with E-state index in [1.54, 1.807) is 0 Å².